The van der Waals surface area contributed by atoms with Gasteiger partial charge in [-0.2, -0.15) is 0 Å². The second-order valence-electron chi connectivity index (χ2n) is 3.57. The zero-order valence-corrected chi connectivity index (χ0v) is 9.35. The lowest BCUT2D eigenvalue weighted by atomic mass is 10.1. The third-order valence-corrected chi connectivity index (χ3v) is 2.26. The van der Waals surface area contributed by atoms with Gasteiger partial charge >= 0.3 is 5.97 Å². The van der Waals surface area contributed by atoms with E-state index in [1.165, 1.54) is 24.3 Å². The summed E-state index contributed by atoms with van der Waals surface area (Å²) in [4.78, 5) is 22.2. The second kappa shape index (κ2) is 6.65. The van der Waals surface area contributed by atoms with E-state index in [0.29, 0.717) is 18.5 Å². The van der Waals surface area contributed by atoms with Gasteiger partial charge in [-0.1, -0.05) is 0 Å². The molecule has 5 heteroatoms. The highest BCUT2D eigenvalue weighted by Crippen LogP contribution is 2.04. The van der Waals surface area contributed by atoms with Crippen molar-refractivity contribution in [1.29, 1.82) is 0 Å². The number of hydrogen-bond acceptors (Lipinski definition) is 3. The lowest BCUT2D eigenvalue weighted by Gasteiger charge is -2.04. The summed E-state index contributed by atoms with van der Waals surface area (Å²) in [6, 6.07) is 5.74. The smallest absolute Gasteiger partial charge is 0.335 e. The molecule has 0 spiro atoms. The first-order valence-corrected chi connectivity index (χ1v) is 5.37. The van der Waals surface area contributed by atoms with Crippen LogP contribution < -0.4 is 5.32 Å². The standard InChI is InChI=1S/C12H15NO4/c14-8-2-1-7-13-11(15)9-3-5-10(6-4-9)12(16)17/h3-6,14H,1-2,7-8H2,(H,13,15)(H,16,17). The number of carboxylic acid groups (broad SMARTS) is 1. The first-order valence-electron chi connectivity index (χ1n) is 5.37. The van der Waals surface area contributed by atoms with Crippen molar-refractivity contribution in [3.05, 3.63) is 35.4 Å². The van der Waals surface area contributed by atoms with E-state index in [1.54, 1.807) is 0 Å². The highest BCUT2D eigenvalue weighted by atomic mass is 16.4. The zero-order chi connectivity index (χ0) is 12.7. The number of amides is 1. The van der Waals surface area contributed by atoms with Gasteiger partial charge in [-0.15, -0.1) is 0 Å². The van der Waals surface area contributed by atoms with Crippen LogP contribution in [0.25, 0.3) is 0 Å². The van der Waals surface area contributed by atoms with Crippen molar-refractivity contribution in [3.63, 3.8) is 0 Å². The number of aliphatic hydroxyl groups excluding tert-OH is 1. The summed E-state index contributed by atoms with van der Waals surface area (Å²) in [5.41, 5.74) is 0.584. The van der Waals surface area contributed by atoms with E-state index in [1.807, 2.05) is 0 Å². The molecule has 1 rings (SSSR count). The molecule has 92 valence electrons. The van der Waals surface area contributed by atoms with Crippen LogP contribution in [0, 0.1) is 0 Å². The normalized spacial score (nSPS) is 9.94. The quantitative estimate of drug-likeness (QED) is 0.641. The van der Waals surface area contributed by atoms with Gasteiger partial charge in [0.25, 0.3) is 5.91 Å². The van der Waals surface area contributed by atoms with Gasteiger partial charge < -0.3 is 15.5 Å². The van der Waals surface area contributed by atoms with Crippen LogP contribution in [0.1, 0.15) is 33.6 Å². The molecule has 17 heavy (non-hydrogen) atoms. The Labute approximate surface area is 99.1 Å². The number of benzene rings is 1. The third kappa shape index (κ3) is 4.24. The Bertz CT molecular complexity index is 386. The van der Waals surface area contributed by atoms with E-state index in [9.17, 15) is 9.59 Å². The Morgan fingerprint density at radius 1 is 1.06 bits per heavy atom. The molecule has 0 fully saturated rings. The topological polar surface area (TPSA) is 86.6 Å². The number of nitrogens with one attached hydrogen (secondary N) is 1. The van der Waals surface area contributed by atoms with Crippen LogP contribution in [-0.4, -0.2) is 35.2 Å². The average molecular weight is 237 g/mol. The second-order valence-corrected chi connectivity index (χ2v) is 3.57. The lowest BCUT2D eigenvalue weighted by Crippen LogP contribution is -2.24. The first-order chi connectivity index (χ1) is 8.15. The molecule has 0 aliphatic heterocycles. The summed E-state index contributed by atoms with van der Waals surface area (Å²) >= 11 is 0. The Kier molecular flexibility index (Phi) is 5.16. The molecule has 0 aliphatic carbocycles. The number of carbonyl (C=O) groups is 2. The fourth-order valence-corrected chi connectivity index (χ4v) is 1.30. The van der Waals surface area contributed by atoms with Crippen molar-refractivity contribution in [2.24, 2.45) is 0 Å². The third-order valence-electron chi connectivity index (χ3n) is 2.26. The Hall–Kier alpha value is -1.88. The predicted molar refractivity (Wildman–Crippen MR) is 62.1 cm³/mol. The number of hydrogen-bond donors (Lipinski definition) is 3. The number of rotatable bonds is 6. The molecular weight excluding hydrogens is 222 g/mol. The molecule has 0 aromatic heterocycles. The van der Waals surface area contributed by atoms with Crippen LogP contribution >= 0.6 is 0 Å². The van der Waals surface area contributed by atoms with Gasteiger partial charge in [-0.25, -0.2) is 4.79 Å². The monoisotopic (exact) mass is 237 g/mol. The summed E-state index contributed by atoms with van der Waals surface area (Å²) in [7, 11) is 0. The first kappa shape index (κ1) is 13.2. The van der Waals surface area contributed by atoms with Crippen LogP contribution in [0.5, 0.6) is 0 Å². The number of unbranched alkanes of at least 4 members (excludes halogenated alkanes) is 1. The van der Waals surface area contributed by atoms with Crippen LogP contribution in [0.3, 0.4) is 0 Å². The van der Waals surface area contributed by atoms with Crippen LogP contribution in [0.15, 0.2) is 24.3 Å². The lowest BCUT2D eigenvalue weighted by molar-refractivity contribution is 0.0696. The van der Waals surface area contributed by atoms with Gasteiger partial charge in [0.2, 0.25) is 0 Å². The molecule has 0 radical (unpaired) electrons. The molecular formula is C12H15NO4. The maximum Gasteiger partial charge on any atom is 0.335 e. The minimum Gasteiger partial charge on any atom is -0.478 e. The minimum atomic E-state index is -1.01. The highest BCUT2D eigenvalue weighted by molar-refractivity contribution is 5.95. The predicted octanol–water partition coefficient (Wildman–Crippen LogP) is 0.887. The molecule has 0 bridgehead atoms. The van der Waals surface area contributed by atoms with Crippen molar-refractivity contribution >= 4 is 11.9 Å². The van der Waals surface area contributed by atoms with Crippen molar-refractivity contribution in [3.8, 4) is 0 Å². The molecule has 0 saturated carbocycles. The average Bonchev–Trinajstić information content (AvgIpc) is 2.34. The maximum absolute atomic E-state index is 11.6. The van der Waals surface area contributed by atoms with Crippen LogP contribution in [0.4, 0.5) is 0 Å². The Morgan fingerprint density at radius 3 is 2.18 bits per heavy atom. The van der Waals surface area contributed by atoms with Gasteiger partial charge in [-0.3, -0.25) is 4.79 Å². The van der Waals surface area contributed by atoms with E-state index < -0.39 is 5.97 Å². The largest absolute Gasteiger partial charge is 0.478 e. The SMILES string of the molecule is O=C(O)c1ccc(C(=O)NCCCCO)cc1. The summed E-state index contributed by atoms with van der Waals surface area (Å²) < 4.78 is 0. The van der Waals surface area contributed by atoms with Crippen LogP contribution in [0.2, 0.25) is 0 Å². The minimum absolute atomic E-state index is 0.114. The molecule has 0 aliphatic rings. The maximum atomic E-state index is 11.6. The van der Waals surface area contributed by atoms with Gasteiger partial charge in [-0.05, 0) is 37.1 Å². The van der Waals surface area contributed by atoms with Gasteiger partial charge in [0.1, 0.15) is 0 Å². The van der Waals surface area contributed by atoms with E-state index in [0.717, 1.165) is 6.42 Å². The molecule has 1 aromatic carbocycles. The van der Waals surface area contributed by atoms with Crippen LogP contribution in [-0.2, 0) is 0 Å². The fourth-order valence-electron chi connectivity index (χ4n) is 1.30. The molecule has 0 saturated heterocycles. The summed E-state index contributed by atoms with van der Waals surface area (Å²) in [6.07, 6.45) is 1.37. The molecule has 1 amide bonds. The van der Waals surface area contributed by atoms with Gasteiger partial charge in [0, 0.05) is 18.7 Å². The van der Waals surface area contributed by atoms with Crippen molar-refractivity contribution in [2.45, 2.75) is 12.8 Å². The van der Waals surface area contributed by atoms with Crippen molar-refractivity contribution < 1.29 is 19.8 Å². The van der Waals surface area contributed by atoms with E-state index in [2.05, 4.69) is 5.32 Å². The fraction of sp³-hybridized carbons (Fsp3) is 0.333. The molecule has 0 heterocycles. The van der Waals surface area contributed by atoms with E-state index in [-0.39, 0.29) is 18.1 Å². The Morgan fingerprint density at radius 2 is 1.65 bits per heavy atom. The van der Waals surface area contributed by atoms with Gasteiger partial charge in [0.15, 0.2) is 0 Å². The molecule has 5 nitrogen and oxygen atoms in total. The number of carbonyl (C=O) groups excluding carboxylic acids is 1. The molecule has 3 N–H and O–H groups in total. The van der Waals surface area contributed by atoms with Gasteiger partial charge in [0.05, 0.1) is 5.56 Å². The number of carboxylic acids is 1. The van der Waals surface area contributed by atoms with E-state index >= 15 is 0 Å². The number of aliphatic hydroxyl groups is 1. The van der Waals surface area contributed by atoms with Crippen molar-refractivity contribution in [2.75, 3.05) is 13.2 Å². The summed E-state index contributed by atoms with van der Waals surface area (Å²) in [6.45, 7) is 0.614. The Balaban J connectivity index is 2.49. The summed E-state index contributed by atoms with van der Waals surface area (Å²) in [5, 5.41) is 19.9. The van der Waals surface area contributed by atoms with Crippen molar-refractivity contribution in [1.82, 2.24) is 5.32 Å². The highest BCUT2D eigenvalue weighted by Gasteiger charge is 2.06. The summed E-state index contributed by atoms with van der Waals surface area (Å²) in [5.74, 6) is -1.25. The molecule has 1 aromatic rings. The molecule has 0 atom stereocenters. The molecule has 0 unspecified atom stereocenters. The van der Waals surface area contributed by atoms with E-state index in [4.69, 9.17) is 10.2 Å². The number of aromatic carboxylic acids is 1. The zero-order valence-electron chi connectivity index (χ0n) is 9.35.